The molecule has 1 aliphatic rings. The van der Waals surface area contributed by atoms with Gasteiger partial charge in [-0.3, -0.25) is 4.79 Å². The van der Waals surface area contributed by atoms with Gasteiger partial charge in [-0.2, -0.15) is 0 Å². The van der Waals surface area contributed by atoms with Crippen molar-refractivity contribution in [3.63, 3.8) is 0 Å². The van der Waals surface area contributed by atoms with Crippen molar-refractivity contribution in [2.24, 2.45) is 0 Å². The fraction of sp³-hybridized carbons (Fsp3) is 0.400. The van der Waals surface area contributed by atoms with E-state index >= 15 is 0 Å². The molecule has 18 heavy (non-hydrogen) atoms. The Morgan fingerprint density at radius 3 is 2.89 bits per heavy atom. The van der Waals surface area contributed by atoms with E-state index in [1.807, 2.05) is 0 Å². The van der Waals surface area contributed by atoms with Gasteiger partial charge in [0, 0.05) is 24.8 Å². The zero-order valence-electron chi connectivity index (χ0n) is 10.9. The zero-order valence-corrected chi connectivity index (χ0v) is 10.9. The minimum absolute atomic E-state index is 0.0919. The third-order valence-corrected chi connectivity index (χ3v) is 3.44. The molecule has 0 aromatic heterocycles. The van der Waals surface area contributed by atoms with E-state index < -0.39 is 0 Å². The highest BCUT2D eigenvalue weighted by Gasteiger charge is 2.24. The van der Waals surface area contributed by atoms with Crippen molar-refractivity contribution in [1.82, 2.24) is 5.32 Å². The number of benzene rings is 1. The number of carbonyl (C=O) groups is 1. The summed E-state index contributed by atoms with van der Waals surface area (Å²) in [6.45, 7) is 7.32. The molecule has 0 aliphatic carbocycles. The fourth-order valence-corrected chi connectivity index (χ4v) is 2.41. The second kappa shape index (κ2) is 5.71. The number of nitrogens with zero attached hydrogens (tertiary/aromatic N) is 1. The first-order chi connectivity index (χ1) is 8.70. The van der Waals surface area contributed by atoms with Crippen molar-refractivity contribution in [2.75, 3.05) is 18.0 Å². The summed E-state index contributed by atoms with van der Waals surface area (Å²) in [5.74, 6) is -0.0919. The molecule has 3 heteroatoms. The normalized spacial score (nSPS) is 18.7. The van der Waals surface area contributed by atoms with E-state index in [1.165, 1.54) is 23.7 Å². The SMILES string of the molecule is C=CC(=O)NCC1CCCN1c1ccc(C)cc1. The quantitative estimate of drug-likeness (QED) is 0.824. The van der Waals surface area contributed by atoms with Crippen LogP contribution in [0.3, 0.4) is 0 Å². The second-order valence-electron chi connectivity index (χ2n) is 4.77. The molecule has 1 atom stereocenters. The number of rotatable bonds is 4. The van der Waals surface area contributed by atoms with Crippen molar-refractivity contribution in [3.8, 4) is 0 Å². The summed E-state index contributed by atoms with van der Waals surface area (Å²) in [6, 6.07) is 8.98. The van der Waals surface area contributed by atoms with Crippen molar-refractivity contribution in [1.29, 1.82) is 0 Å². The van der Waals surface area contributed by atoms with E-state index in [4.69, 9.17) is 0 Å². The van der Waals surface area contributed by atoms with Crippen LogP contribution in [0.1, 0.15) is 18.4 Å². The van der Waals surface area contributed by atoms with Crippen LogP contribution < -0.4 is 10.2 Å². The molecular weight excluding hydrogens is 224 g/mol. The van der Waals surface area contributed by atoms with Gasteiger partial charge in [0.15, 0.2) is 0 Å². The van der Waals surface area contributed by atoms with E-state index in [-0.39, 0.29) is 5.91 Å². The Morgan fingerprint density at radius 2 is 2.22 bits per heavy atom. The third-order valence-electron chi connectivity index (χ3n) is 3.44. The maximum absolute atomic E-state index is 11.2. The number of anilines is 1. The van der Waals surface area contributed by atoms with E-state index in [1.54, 1.807) is 0 Å². The van der Waals surface area contributed by atoms with Gasteiger partial charge in [0.1, 0.15) is 0 Å². The van der Waals surface area contributed by atoms with Crippen molar-refractivity contribution in [3.05, 3.63) is 42.5 Å². The molecule has 0 radical (unpaired) electrons. The molecule has 3 nitrogen and oxygen atoms in total. The number of hydrogen-bond acceptors (Lipinski definition) is 2. The molecule has 1 N–H and O–H groups in total. The highest BCUT2D eigenvalue weighted by molar-refractivity contribution is 5.86. The average Bonchev–Trinajstić information content (AvgIpc) is 2.85. The van der Waals surface area contributed by atoms with Gasteiger partial charge < -0.3 is 10.2 Å². The Bertz CT molecular complexity index is 425. The summed E-state index contributed by atoms with van der Waals surface area (Å²) in [5, 5.41) is 2.89. The molecular formula is C15H20N2O. The smallest absolute Gasteiger partial charge is 0.243 e. The molecule has 0 bridgehead atoms. The lowest BCUT2D eigenvalue weighted by molar-refractivity contribution is -0.116. The van der Waals surface area contributed by atoms with Crippen LogP contribution in [-0.4, -0.2) is 25.0 Å². The summed E-state index contributed by atoms with van der Waals surface area (Å²) in [7, 11) is 0. The number of hydrogen-bond donors (Lipinski definition) is 1. The van der Waals surface area contributed by atoms with Crippen LogP contribution in [0.25, 0.3) is 0 Å². The molecule has 0 saturated carbocycles. The van der Waals surface area contributed by atoms with Crippen LogP contribution >= 0.6 is 0 Å². The first-order valence-electron chi connectivity index (χ1n) is 6.44. The molecule has 2 rings (SSSR count). The first kappa shape index (κ1) is 12.7. The number of nitrogens with one attached hydrogen (secondary N) is 1. The van der Waals surface area contributed by atoms with Gasteiger partial charge in [-0.25, -0.2) is 0 Å². The first-order valence-corrected chi connectivity index (χ1v) is 6.44. The summed E-state index contributed by atoms with van der Waals surface area (Å²) < 4.78 is 0. The molecule has 1 fully saturated rings. The summed E-state index contributed by atoms with van der Waals surface area (Å²) in [4.78, 5) is 13.6. The molecule has 96 valence electrons. The predicted octanol–water partition coefficient (Wildman–Crippen LogP) is 2.27. The lowest BCUT2D eigenvalue weighted by Crippen LogP contribution is -2.39. The van der Waals surface area contributed by atoms with Crippen LogP contribution in [0, 0.1) is 6.92 Å². The van der Waals surface area contributed by atoms with Gasteiger partial charge in [-0.05, 0) is 38.0 Å². The topological polar surface area (TPSA) is 32.3 Å². The maximum atomic E-state index is 11.2. The average molecular weight is 244 g/mol. The largest absolute Gasteiger partial charge is 0.367 e. The van der Waals surface area contributed by atoms with E-state index in [0.29, 0.717) is 12.6 Å². The Labute approximate surface area is 108 Å². The standard InChI is InChI=1S/C15H20N2O/c1-3-15(18)16-11-14-5-4-10-17(14)13-8-6-12(2)7-9-13/h3,6-9,14H,1,4-5,10-11H2,2H3,(H,16,18). The highest BCUT2D eigenvalue weighted by Crippen LogP contribution is 2.25. The van der Waals surface area contributed by atoms with Crippen molar-refractivity contribution < 1.29 is 4.79 Å². The molecule has 1 amide bonds. The summed E-state index contributed by atoms with van der Waals surface area (Å²) in [6.07, 6.45) is 3.64. The minimum Gasteiger partial charge on any atom is -0.367 e. The summed E-state index contributed by atoms with van der Waals surface area (Å²) in [5.41, 5.74) is 2.52. The van der Waals surface area contributed by atoms with E-state index in [9.17, 15) is 4.79 Å². The zero-order chi connectivity index (χ0) is 13.0. The molecule has 1 unspecified atom stereocenters. The lowest BCUT2D eigenvalue weighted by atomic mass is 10.2. The Hall–Kier alpha value is -1.77. The third kappa shape index (κ3) is 2.92. The lowest BCUT2D eigenvalue weighted by Gasteiger charge is -2.27. The van der Waals surface area contributed by atoms with E-state index in [2.05, 4.69) is 48.0 Å². The van der Waals surface area contributed by atoms with Gasteiger partial charge in [-0.1, -0.05) is 24.3 Å². The van der Waals surface area contributed by atoms with Crippen LogP contribution in [0.4, 0.5) is 5.69 Å². The minimum atomic E-state index is -0.0919. The molecule has 1 heterocycles. The molecule has 1 aromatic rings. The predicted molar refractivity (Wildman–Crippen MR) is 74.8 cm³/mol. The van der Waals surface area contributed by atoms with Crippen molar-refractivity contribution in [2.45, 2.75) is 25.8 Å². The fourth-order valence-electron chi connectivity index (χ4n) is 2.41. The maximum Gasteiger partial charge on any atom is 0.243 e. The molecule has 0 spiro atoms. The van der Waals surface area contributed by atoms with Gasteiger partial charge in [0.2, 0.25) is 5.91 Å². The number of amides is 1. The van der Waals surface area contributed by atoms with Crippen molar-refractivity contribution >= 4 is 11.6 Å². The highest BCUT2D eigenvalue weighted by atomic mass is 16.1. The van der Waals surface area contributed by atoms with Gasteiger partial charge in [-0.15, -0.1) is 0 Å². The Balaban J connectivity index is 2.00. The van der Waals surface area contributed by atoms with Crippen LogP contribution in [0.2, 0.25) is 0 Å². The number of carbonyl (C=O) groups excluding carboxylic acids is 1. The van der Waals surface area contributed by atoms with Gasteiger partial charge in [0.25, 0.3) is 0 Å². The van der Waals surface area contributed by atoms with Gasteiger partial charge in [0.05, 0.1) is 0 Å². The second-order valence-corrected chi connectivity index (χ2v) is 4.77. The Morgan fingerprint density at radius 1 is 1.50 bits per heavy atom. The van der Waals surface area contributed by atoms with Crippen LogP contribution in [0.15, 0.2) is 36.9 Å². The summed E-state index contributed by atoms with van der Waals surface area (Å²) >= 11 is 0. The van der Waals surface area contributed by atoms with Crippen LogP contribution in [0.5, 0.6) is 0 Å². The van der Waals surface area contributed by atoms with E-state index in [0.717, 1.165) is 13.0 Å². The Kier molecular flexibility index (Phi) is 4.03. The van der Waals surface area contributed by atoms with Gasteiger partial charge >= 0.3 is 0 Å². The molecule has 1 aromatic carbocycles. The number of aryl methyl sites for hydroxylation is 1. The monoisotopic (exact) mass is 244 g/mol. The molecule has 1 saturated heterocycles. The van der Waals surface area contributed by atoms with Crippen LogP contribution in [-0.2, 0) is 4.79 Å². The molecule has 1 aliphatic heterocycles.